The van der Waals surface area contributed by atoms with Crippen LogP contribution in [-0.4, -0.2) is 24.4 Å². The summed E-state index contributed by atoms with van der Waals surface area (Å²) in [4.78, 5) is 12.7. The SMILES string of the molecule is CCCCCCCCC/C=C/CN([C]=O)C/C=C/CCCCCCCCC. The van der Waals surface area contributed by atoms with E-state index < -0.39 is 0 Å². The summed E-state index contributed by atoms with van der Waals surface area (Å²) in [5.41, 5.74) is 0. The molecule has 0 atom stereocenters. The fourth-order valence-electron chi connectivity index (χ4n) is 3.23. The molecule has 1 amide bonds. The van der Waals surface area contributed by atoms with Crippen molar-refractivity contribution in [3.63, 3.8) is 0 Å². The summed E-state index contributed by atoms with van der Waals surface area (Å²) in [6.45, 7) is 5.89. The van der Waals surface area contributed by atoms with Crippen LogP contribution in [0.15, 0.2) is 24.3 Å². The maximum Gasteiger partial charge on any atom is 0.312 e. The lowest BCUT2D eigenvalue weighted by molar-refractivity contribution is 0.436. The summed E-state index contributed by atoms with van der Waals surface area (Å²) in [6, 6.07) is 0. The molecular weight excluding hydrogens is 330 g/mol. The molecule has 0 aromatic rings. The third-order valence-corrected chi connectivity index (χ3v) is 5.06. The minimum atomic E-state index is 0.682. The second-order valence-electron chi connectivity index (χ2n) is 7.76. The first kappa shape index (κ1) is 26.0. The molecule has 0 saturated carbocycles. The Balaban J connectivity index is 3.50. The average Bonchev–Trinajstić information content (AvgIpc) is 2.69. The van der Waals surface area contributed by atoms with Gasteiger partial charge in [0.05, 0.1) is 0 Å². The van der Waals surface area contributed by atoms with Gasteiger partial charge in [0.25, 0.3) is 0 Å². The highest BCUT2D eigenvalue weighted by molar-refractivity contribution is 5.48. The normalized spacial score (nSPS) is 11.6. The lowest BCUT2D eigenvalue weighted by atomic mass is 10.1. The van der Waals surface area contributed by atoms with Crippen LogP contribution >= 0.6 is 0 Å². The van der Waals surface area contributed by atoms with Crippen LogP contribution in [0.2, 0.25) is 0 Å². The molecule has 0 aromatic heterocycles. The van der Waals surface area contributed by atoms with Crippen LogP contribution in [0.25, 0.3) is 0 Å². The molecule has 0 fully saturated rings. The summed E-state index contributed by atoms with van der Waals surface area (Å²) in [5.74, 6) is 0. The van der Waals surface area contributed by atoms with Crippen LogP contribution in [0.1, 0.15) is 117 Å². The molecule has 0 unspecified atom stereocenters. The van der Waals surface area contributed by atoms with E-state index in [0.29, 0.717) is 13.1 Å². The van der Waals surface area contributed by atoms with Crippen molar-refractivity contribution in [2.24, 2.45) is 0 Å². The minimum Gasteiger partial charge on any atom is -0.327 e. The molecule has 0 aliphatic heterocycles. The summed E-state index contributed by atoms with van der Waals surface area (Å²) in [7, 11) is 0. The lowest BCUT2D eigenvalue weighted by Gasteiger charge is -2.10. The van der Waals surface area contributed by atoms with E-state index in [0.717, 1.165) is 12.8 Å². The molecule has 0 aliphatic rings. The van der Waals surface area contributed by atoms with Crippen molar-refractivity contribution in [3.05, 3.63) is 24.3 Å². The minimum absolute atomic E-state index is 0.682. The number of hydrogen-bond donors (Lipinski definition) is 0. The van der Waals surface area contributed by atoms with Crippen molar-refractivity contribution in [3.8, 4) is 0 Å². The lowest BCUT2D eigenvalue weighted by Crippen LogP contribution is -2.21. The summed E-state index contributed by atoms with van der Waals surface area (Å²) >= 11 is 0. The highest BCUT2D eigenvalue weighted by Gasteiger charge is 1.96. The number of hydrogen-bond acceptors (Lipinski definition) is 1. The van der Waals surface area contributed by atoms with Crippen molar-refractivity contribution < 1.29 is 4.79 Å². The van der Waals surface area contributed by atoms with E-state index in [1.165, 1.54) is 89.9 Å². The van der Waals surface area contributed by atoms with Crippen LogP contribution < -0.4 is 0 Å². The number of allylic oxidation sites excluding steroid dienone is 2. The monoisotopic (exact) mass is 376 g/mol. The summed E-state index contributed by atoms with van der Waals surface area (Å²) in [6.07, 6.45) is 31.9. The van der Waals surface area contributed by atoms with Crippen LogP contribution in [0.3, 0.4) is 0 Å². The highest BCUT2D eigenvalue weighted by atomic mass is 16.1. The van der Waals surface area contributed by atoms with E-state index >= 15 is 0 Å². The van der Waals surface area contributed by atoms with Gasteiger partial charge >= 0.3 is 6.41 Å². The van der Waals surface area contributed by atoms with Gasteiger partial charge < -0.3 is 4.90 Å². The molecular formula is C25H46NO. The van der Waals surface area contributed by atoms with Gasteiger partial charge in [0.1, 0.15) is 0 Å². The molecule has 0 rings (SSSR count). The number of amides is 1. The van der Waals surface area contributed by atoms with Crippen molar-refractivity contribution in [2.75, 3.05) is 13.1 Å². The first-order chi connectivity index (χ1) is 13.3. The number of unbranched alkanes of at least 4 members (excludes halogenated alkanes) is 14. The Bertz CT molecular complexity index is 318. The van der Waals surface area contributed by atoms with E-state index in [1.54, 1.807) is 4.90 Å². The molecule has 2 heteroatoms. The molecule has 0 saturated heterocycles. The average molecular weight is 377 g/mol. The van der Waals surface area contributed by atoms with E-state index in [2.05, 4.69) is 38.2 Å². The molecule has 0 bridgehead atoms. The first-order valence-electron chi connectivity index (χ1n) is 11.8. The number of nitrogens with zero attached hydrogens (tertiary/aromatic N) is 1. The van der Waals surface area contributed by atoms with Gasteiger partial charge in [0.2, 0.25) is 0 Å². The van der Waals surface area contributed by atoms with E-state index in [4.69, 9.17) is 0 Å². The van der Waals surface area contributed by atoms with Gasteiger partial charge in [0, 0.05) is 13.1 Å². The Morgan fingerprint density at radius 2 is 0.926 bits per heavy atom. The smallest absolute Gasteiger partial charge is 0.312 e. The van der Waals surface area contributed by atoms with Gasteiger partial charge in [-0.3, -0.25) is 4.79 Å². The molecule has 2 nitrogen and oxygen atoms in total. The van der Waals surface area contributed by atoms with Crippen LogP contribution in [0.4, 0.5) is 0 Å². The van der Waals surface area contributed by atoms with Crippen molar-refractivity contribution in [1.29, 1.82) is 0 Å². The van der Waals surface area contributed by atoms with Crippen molar-refractivity contribution in [2.45, 2.75) is 117 Å². The molecule has 27 heavy (non-hydrogen) atoms. The molecule has 0 heterocycles. The van der Waals surface area contributed by atoms with Gasteiger partial charge in [-0.2, -0.15) is 0 Å². The predicted octanol–water partition coefficient (Wildman–Crippen LogP) is 7.75. The molecule has 0 N–H and O–H groups in total. The predicted molar refractivity (Wildman–Crippen MR) is 121 cm³/mol. The van der Waals surface area contributed by atoms with Crippen molar-refractivity contribution in [1.82, 2.24) is 4.90 Å². The zero-order valence-corrected chi connectivity index (χ0v) is 18.4. The van der Waals surface area contributed by atoms with Gasteiger partial charge in [-0.25, -0.2) is 0 Å². The third-order valence-electron chi connectivity index (χ3n) is 5.06. The van der Waals surface area contributed by atoms with Gasteiger partial charge in [-0.15, -0.1) is 0 Å². The Hall–Kier alpha value is -1.05. The maximum atomic E-state index is 11.0. The quantitative estimate of drug-likeness (QED) is 0.114. The third kappa shape index (κ3) is 21.1. The highest BCUT2D eigenvalue weighted by Crippen LogP contribution is 2.09. The molecule has 0 aliphatic carbocycles. The standard InChI is InChI=1S/C25H46NO/c1-3-5-7-9-11-13-15-17-19-21-23-26(25-27)24-22-20-18-16-14-12-10-8-6-4-2/h19-22H,3-18,23-24H2,1-2H3/b21-19+,22-20+. The van der Waals surface area contributed by atoms with Crippen molar-refractivity contribution >= 4 is 6.41 Å². The fourth-order valence-corrected chi connectivity index (χ4v) is 3.23. The van der Waals surface area contributed by atoms with Gasteiger partial charge in [-0.05, 0) is 25.7 Å². The zero-order valence-electron chi connectivity index (χ0n) is 18.4. The first-order valence-corrected chi connectivity index (χ1v) is 11.8. The Morgan fingerprint density at radius 1 is 0.556 bits per heavy atom. The molecule has 0 spiro atoms. The van der Waals surface area contributed by atoms with E-state index in [1.807, 2.05) is 6.41 Å². The van der Waals surface area contributed by atoms with E-state index in [9.17, 15) is 4.79 Å². The topological polar surface area (TPSA) is 20.3 Å². The Kier molecular flexibility index (Phi) is 22.1. The molecule has 157 valence electrons. The summed E-state index contributed by atoms with van der Waals surface area (Å²) < 4.78 is 0. The largest absolute Gasteiger partial charge is 0.327 e. The molecule has 1 radical (unpaired) electrons. The maximum absolute atomic E-state index is 11.0. The number of carbonyl (C=O) groups excluding carboxylic acids is 1. The fraction of sp³-hybridized carbons (Fsp3) is 0.800. The second-order valence-corrected chi connectivity index (χ2v) is 7.76. The van der Waals surface area contributed by atoms with Crippen LogP contribution in [0.5, 0.6) is 0 Å². The second kappa shape index (κ2) is 23.0. The van der Waals surface area contributed by atoms with E-state index in [-0.39, 0.29) is 0 Å². The zero-order chi connectivity index (χ0) is 19.8. The molecule has 0 aromatic carbocycles. The van der Waals surface area contributed by atoms with Crippen LogP contribution in [-0.2, 0) is 4.79 Å². The van der Waals surface area contributed by atoms with Crippen LogP contribution in [0, 0.1) is 0 Å². The number of rotatable bonds is 21. The Labute approximate surface area is 170 Å². The summed E-state index contributed by atoms with van der Waals surface area (Å²) in [5, 5.41) is 0. The van der Waals surface area contributed by atoms with Gasteiger partial charge in [0.15, 0.2) is 0 Å². The Morgan fingerprint density at radius 3 is 1.30 bits per heavy atom. The van der Waals surface area contributed by atoms with Gasteiger partial charge in [-0.1, -0.05) is 115 Å².